The van der Waals surface area contributed by atoms with E-state index < -0.39 is 71.7 Å². The number of nitrogen functional groups attached to an aromatic ring is 1. The highest BCUT2D eigenvalue weighted by Gasteiger charge is 2.25. The second kappa shape index (κ2) is 59.3. The van der Waals surface area contributed by atoms with Crippen LogP contribution in [-0.4, -0.2) is 76.0 Å². The van der Waals surface area contributed by atoms with E-state index in [1.165, 1.54) is 206 Å². The van der Waals surface area contributed by atoms with Gasteiger partial charge < -0.3 is 31.6 Å². The molecule has 0 saturated heterocycles. The van der Waals surface area contributed by atoms with Crippen molar-refractivity contribution < 1.29 is 72.3 Å². The van der Waals surface area contributed by atoms with Gasteiger partial charge in [0.2, 0.25) is 39.3 Å². The van der Waals surface area contributed by atoms with Crippen molar-refractivity contribution in [3.8, 4) is 11.5 Å². The first-order valence-electron chi connectivity index (χ1n) is 41.1. The van der Waals surface area contributed by atoms with Gasteiger partial charge in [-0.2, -0.15) is 0 Å². The molecule has 16 aromatic rings. The lowest BCUT2D eigenvalue weighted by Gasteiger charge is -2.09. The number of halogens is 14. The molecule has 0 radical (unpaired) electrons. The Bertz CT molecular complexity index is 7770. The van der Waals surface area contributed by atoms with E-state index in [1.807, 2.05) is 24.3 Å². The van der Waals surface area contributed by atoms with Crippen molar-refractivity contribution in [1.29, 1.82) is 0 Å². The molecule has 0 unspecified atom stereocenters. The summed E-state index contributed by atoms with van der Waals surface area (Å²) in [5.41, 5.74) is 13.4. The van der Waals surface area contributed by atoms with Crippen LogP contribution < -0.4 is 36.9 Å². The maximum Gasteiger partial charge on any atom is 0.417 e. The Balaban J connectivity index is 0.000000209. The first kappa shape index (κ1) is 121. The largest absolute Gasteiger partial charge is 0.417 e. The van der Waals surface area contributed by atoms with Gasteiger partial charge in [-0.05, 0) is 278 Å². The number of carbonyl (C=O) groups is 3. The zero-order valence-electron chi connectivity index (χ0n) is 75.0. The number of ether oxygens (including phenoxy) is 2. The summed E-state index contributed by atoms with van der Waals surface area (Å²) in [4.78, 5) is 74.4. The van der Waals surface area contributed by atoms with Gasteiger partial charge in [0, 0.05) is 123 Å². The van der Waals surface area contributed by atoms with Crippen molar-refractivity contribution in [3.05, 3.63) is 471 Å². The first-order valence-corrected chi connectivity index (χ1v) is 53.6. The lowest BCUT2D eigenvalue weighted by molar-refractivity contribution is -0.385. The Morgan fingerprint density at radius 3 is 0.966 bits per heavy atom. The van der Waals surface area contributed by atoms with Gasteiger partial charge in [-0.15, -0.1) is 12.6 Å². The number of para-hydroxylation sites is 2. The Morgan fingerprint density at radius 1 is 0.338 bits per heavy atom. The molecule has 0 saturated carbocycles. The van der Waals surface area contributed by atoms with E-state index in [9.17, 15) is 78.4 Å². The Labute approximate surface area is 928 Å². The SMILES string of the molecule is NCc1ccncc1.Nc1ccc(S(=O)(=O)c2ccc(Cl)c(Cl)c2)cc1.O=C(Cl)Oc1ccccc1.O=C(NCc1ccncc1)Nc1ccc(S(=O)(=O)c2ccc(Cl)c(Cl)c2)cc1.O=C(Nc1ccc(S(=O)(=O)c2ccc(Cl)c(Cl)c2)cc1)Oc1ccccc1.O=[N+]([O-])c1ccc(Cl)cc1.O=[N+]([O-])c1ccc(S(=O)(=O)c2ccc(Cl)c(Cl)c2)cc1.O=[N+]([O-])c1ccc(Sc2ccc(Cl)c(Cl)c2)cc1.Sc1ccc(Cl)c(Cl)c1. The minimum atomic E-state index is -3.79. The minimum Gasteiger partial charge on any atom is -0.415 e. The third-order valence-corrected chi connectivity index (χ3v) is 31.5. The van der Waals surface area contributed by atoms with Crippen LogP contribution in [0.4, 0.5) is 48.5 Å². The second-order valence-electron chi connectivity index (χ2n) is 28.7. The average molecular weight is 2390 g/mol. The van der Waals surface area contributed by atoms with Crippen molar-refractivity contribution in [3.63, 3.8) is 0 Å². The third-order valence-electron chi connectivity index (χ3n) is 18.4. The quantitative estimate of drug-likeness (QED) is 0.0136. The van der Waals surface area contributed by atoms with Crippen LogP contribution in [0, 0.1) is 30.3 Å². The number of non-ortho nitro benzene ring substituents is 3. The van der Waals surface area contributed by atoms with Crippen LogP contribution in [0.2, 0.25) is 65.3 Å². The molecule has 0 aliphatic heterocycles. The first-order chi connectivity index (χ1) is 70.1. The molecule has 0 atom stereocenters. The number of pyridine rings is 2. The number of thiol groups is 1. The topological polar surface area (TPSA) is 450 Å². The van der Waals surface area contributed by atoms with Crippen LogP contribution >= 0.6 is 187 Å². The molecule has 0 spiro atoms. The second-order valence-corrected chi connectivity index (χ2v) is 43.7. The number of urea groups is 1. The molecule has 14 aromatic carbocycles. The van der Waals surface area contributed by atoms with Crippen LogP contribution in [0.5, 0.6) is 11.5 Å². The van der Waals surface area contributed by atoms with Crippen LogP contribution in [0.25, 0.3) is 0 Å². The van der Waals surface area contributed by atoms with Crippen molar-refractivity contribution in [2.24, 2.45) is 5.73 Å². The van der Waals surface area contributed by atoms with E-state index in [2.05, 4.69) is 43.3 Å². The number of hydrogen-bond donors (Lipinski definition) is 6. The van der Waals surface area contributed by atoms with Gasteiger partial charge in [0.05, 0.1) is 114 Å². The smallest absolute Gasteiger partial charge is 0.415 e. The van der Waals surface area contributed by atoms with Gasteiger partial charge in [0.25, 0.3) is 17.1 Å². The Morgan fingerprint density at radius 2 is 0.635 bits per heavy atom. The number of carbonyl (C=O) groups excluding carboxylic acids is 3. The number of nitrogens with zero attached hydrogens (tertiary/aromatic N) is 5. The molecule has 0 bridgehead atoms. The van der Waals surface area contributed by atoms with Crippen molar-refractivity contribution in [2.45, 2.75) is 66.9 Å². The summed E-state index contributed by atoms with van der Waals surface area (Å²) >= 11 is 85.5. The van der Waals surface area contributed by atoms with E-state index in [0.29, 0.717) is 71.8 Å². The molecule has 3 amide bonds. The summed E-state index contributed by atoms with van der Waals surface area (Å²) in [5, 5.41) is 43.4. The number of benzene rings is 14. The minimum absolute atomic E-state index is 0.0271. The summed E-state index contributed by atoms with van der Waals surface area (Å²) in [5.74, 6) is 0.858. The normalized spacial score (nSPS) is 10.6. The predicted octanol–water partition coefficient (Wildman–Crippen LogP) is 30.7. The van der Waals surface area contributed by atoms with Gasteiger partial charge >= 0.3 is 17.6 Å². The molecule has 0 aliphatic carbocycles. The summed E-state index contributed by atoms with van der Waals surface area (Å²) in [7, 11) is -14.9. The number of nitro groups is 3. The van der Waals surface area contributed by atoms with Gasteiger partial charge in [-0.3, -0.25) is 45.6 Å². The molecule has 0 aliphatic rings. The van der Waals surface area contributed by atoms with Gasteiger partial charge in [0.15, 0.2) is 0 Å². The third kappa shape index (κ3) is 39.4. The number of nitrogens with one attached hydrogen (secondary N) is 3. The number of amides is 3. The number of rotatable bonds is 20. The molecule has 16 rings (SSSR count). The van der Waals surface area contributed by atoms with Crippen LogP contribution in [-0.2, 0) is 52.4 Å². The summed E-state index contributed by atoms with van der Waals surface area (Å²) < 4.78 is 109. The van der Waals surface area contributed by atoms with Crippen LogP contribution in [0.1, 0.15) is 11.1 Å². The Hall–Kier alpha value is -12.1. The number of nitro benzene ring substituents is 3. The number of aromatic nitrogens is 2. The van der Waals surface area contributed by atoms with E-state index in [0.717, 1.165) is 37.9 Å². The zero-order valence-corrected chi connectivity index (χ0v) is 90.5. The molecule has 148 heavy (non-hydrogen) atoms. The highest BCUT2D eigenvalue weighted by molar-refractivity contribution is 7.99. The highest BCUT2D eigenvalue weighted by atomic mass is 35.5. The monoisotopic (exact) mass is 2390 g/mol. The maximum atomic E-state index is 12.7. The van der Waals surface area contributed by atoms with E-state index in [4.69, 9.17) is 179 Å². The van der Waals surface area contributed by atoms with E-state index >= 15 is 0 Å². The van der Waals surface area contributed by atoms with Crippen molar-refractivity contribution in [2.75, 3.05) is 16.4 Å². The standard InChI is InChI=1S/C19H15Cl2N3O3S.C19H13Cl2NO4S.C12H7Cl2NO4S.C12H9Cl2NO2S.C12H7Cl2NO2S.C7H5ClO2.C6H4Cl2S.C6H4ClNO2.C6H8N2/c20-17-6-5-16(11-18(17)21)28(26,27)15-3-1-14(2-4-15)24-19(25)23-12-13-7-9-22-10-8-13;20-17-11-10-16(12-18(17)21)27(24,25)15-8-6-13(7-9-15)22-19(23)26-14-4-2-1-3-5-14;13-11-6-5-10(7-12(11)14)20(18,19)9-3-1-8(2-4-9)15(16)17;13-11-6-5-10(7-12(11)14)18(16,17)9-3-1-8(15)2-4-9;13-11-6-5-10(7-12(11)14)18-9-3-1-8(2-4-9)15(16)17;8-7(9)10-6-4-2-1-3-5-6;7-5-2-1-4(9)3-6(5)8;7-5-1-3-6(4-2-5)8(9)10;7-5-6-1-3-8-4-2-6/h1-11H,12H2,(H2,23,24,25);1-12H,(H,22,23);1-7H;1-7H,15H2;1-7H;1-5H;1-3,9H;1-4H;1-4H,5,7H2. The van der Waals surface area contributed by atoms with Crippen molar-refractivity contribution >= 4 is 278 Å². The molecule has 0 fully saturated rings. The van der Waals surface area contributed by atoms with Crippen LogP contribution in [0.15, 0.2) is 418 Å². The molecule has 29 nitrogen and oxygen atoms in total. The fourth-order valence-corrected chi connectivity index (χ4v) is 19.6. The maximum absolute atomic E-state index is 12.7. The lowest BCUT2D eigenvalue weighted by atomic mass is 10.3. The molecule has 766 valence electrons. The van der Waals surface area contributed by atoms with Gasteiger partial charge in [-0.25, -0.2) is 48.1 Å². The fraction of sp³-hybridized carbons (Fsp3) is 0.0202. The molecule has 49 heteroatoms. The van der Waals surface area contributed by atoms with E-state index in [-0.39, 0.29) is 91.4 Å². The Kier molecular flexibility index (Phi) is 48.6. The zero-order chi connectivity index (χ0) is 109. The summed E-state index contributed by atoms with van der Waals surface area (Å²) in [6, 6.07) is 85.3. The van der Waals surface area contributed by atoms with Gasteiger partial charge in [-0.1, -0.05) is 199 Å². The van der Waals surface area contributed by atoms with Crippen LogP contribution in [0.3, 0.4) is 0 Å². The average Bonchev–Trinajstić information content (AvgIpc) is 0.807. The predicted molar refractivity (Wildman–Crippen MR) is 587 cm³/mol. The van der Waals surface area contributed by atoms with Crippen molar-refractivity contribution in [1.82, 2.24) is 15.3 Å². The number of hydrogen-bond acceptors (Lipinski definition) is 25. The number of anilines is 3. The molecular formula is C99H72Cl14N10O19S6. The molecule has 2 aromatic heterocycles. The number of nitrogens with two attached hydrogens (primary N) is 2. The summed E-state index contributed by atoms with van der Waals surface area (Å²) in [6.45, 7) is 0.945. The molecular weight excluding hydrogens is 2320 g/mol. The van der Waals surface area contributed by atoms with E-state index in [1.54, 1.807) is 134 Å². The number of sulfone groups is 4. The summed E-state index contributed by atoms with van der Waals surface area (Å²) in [6.07, 6.45) is 6.08. The lowest BCUT2D eigenvalue weighted by Crippen LogP contribution is -2.28. The fourth-order valence-electron chi connectivity index (χ4n) is 11.0. The highest BCUT2D eigenvalue weighted by Crippen LogP contribution is 2.37. The molecule has 7 N–H and O–H groups in total. The van der Waals surface area contributed by atoms with Gasteiger partial charge in [0.1, 0.15) is 11.5 Å². The molecule has 2 heterocycles.